The number of phenols is 1. The molecule has 1 aliphatic rings. The Balaban J connectivity index is 1.71. The molecule has 7 nitrogen and oxygen atoms in total. The van der Waals surface area contributed by atoms with Crippen LogP contribution in [0.25, 0.3) is 28.4 Å². The van der Waals surface area contributed by atoms with Gasteiger partial charge in [-0.2, -0.15) is 9.69 Å². The molecule has 1 aliphatic heterocycles. The zero-order chi connectivity index (χ0) is 24.0. The number of amidine groups is 1. The predicted octanol–water partition coefficient (Wildman–Crippen LogP) is 5.23. The third-order valence-corrected chi connectivity index (χ3v) is 6.40. The number of hydrogen-bond donors (Lipinski definition) is 1. The molecule has 34 heavy (non-hydrogen) atoms. The topological polar surface area (TPSA) is 87.8 Å². The highest BCUT2D eigenvalue weighted by atomic mass is 79.9. The Morgan fingerprint density at radius 2 is 1.68 bits per heavy atom. The Hall–Kier alpha value is -3.56. The molecule has 168 valence electrons. The maximum Gasteiger partial charge on any atom is 0.297 e. The van der Waals surface area contributed by atoms with Gasteiger partial charge in [0.05, 0.1) is 15.4 Å². The molecular formula is C25H16Br2N4O3. The number of fused-ring (bicyclic) bond motifs is 1. The zero-order valence-electron chi connectivity index (χ0n) is 17.7. The van der Waals surface area contributed by atoms with Crippen molar-refractivity contribution in [3.8, 4) is 17.1 Å². The van der Waals surface area contributed by atoms with Gasteiger partial charge in [0.25, 0.3) is 11.5 Å². The van der Waals surface area contributed by atoms with E-state index in [1.807, 2.05) is 36.4 Å². The van der Waals surface area contributed by atoms with Gasteiger partial charge in [-0.05, 0) is 53.2 Å². The van der Waals surface area contributed by atoms with Gasteiger partial charge in [0.15, 0.2) is 5.82 Å². The number of halogens is 2. The summed E-state index contributed by atoms with van der Waals surface area (Å²) in [4.78, 5) is 36.2. The summed E-state index contributed by atoms with van der Waals surface area (Å²) in [6.07, 6.45) is 1.48. The van der Waals surface area contributed by atoms with Crippen LogP contribution < -0.4 is 10.6 Å². The summed E-state index contributed by atoms with van der Waals surface area (Å²) in [5.74, 6) is 0.0938. The summed E-state index contributed by atoms with van der Waals surface area (Å²) in [5, 5.41) is 12.0. The number of carbonyl (C=O) groups excluding carboxylic acids is 1. The van der Waals surface area contributed by atoms with E-state index in [9.17, 15) is 14.7 Å². The molecule has 0 aliphatic carbocycles. The highest BCUT2D eigenvalue weighted by Crippen LogP contribution is 2.34. The number of benzene rings is 3. The van der Waals surface area contributed by atoms with E-state index in [2.05, 4.69) is 36.9 Å². The maximum atomic E-state index is 13.6. The molecule has 0 fully saturated rings. The Bertz CT molecular complexity index is 1590. The highest BCUT2D eigenvalue weighted by Gasteiger charge is 2.33. The molecule has 1 amide bonds. The Kier molecular flexibility index (Phi) is 5.66. The van der Waals surface area contributed by atoms with Gasteiger partial charge in [-0.3, -0.25) is 9.59 Å². The lowest BCUT2D eigenvalue weighted by Crippen LogP contribution is -2.47. The first-order valence-electron chi connectivity index (χ1n) is 10.2. The largest absolute Gasteiger partial charge is 0.506 e. The van der Waals surface area contributed by atoms with Crippen LogP contribution in [0.5, 0.6) is 5.75 Å². The van der Waals surface area contributed by atoms with E-state index >= 15 is 0 Å². The van der Waals surface area contributed by atoms with Gasteiger partial charge >= 0.3 is 0 Å². The number of carbonyl (C=O) groups is 1. The summed E-state index contributed by atoms with van der Waals surface area (Å²) >= 11 is 6.68. The predicted molar refractivity (Wildman–Crippen MR) is 139 cm³/mol. The molecule has 3 aromatic carbocycles. The smallest absolute Gasteiger partial charge is 0.297 e. The van der Waals surface area contributed by atoms with Gasteiger partial charge in [-0.1, -0.05) is 58.4 Å². The second-order valence-electron chi connectivity index (χ2n) is 7.57. The van der Waals surface area contributed by atoms with Crippen molar-refractivity contribution in [3.63, 3.8) is 0 Å². The molecule has 0 saturated carbocycles. The highest BCUT2D eigenvalue weighted by molar-refractivity contribution is 9.11. The average Bonchev–Trinajstić information content (AvgIpc) is 3.10. The normalized spacial score (nSPS) is 14.8. The van der Waals surface area contributed by atoms with E-state index in [0.717, 1.165) is 0 Å². The number of amides is 1. The van der Waals surface area contributed by atoms with Crippen molar-refractivity contribution in [2.24, 2.45) is 4.99 Å². The molecule has 0 radical (unpaired) electrons. The second kappa shape index (κ2) is 8.66. The Morgan fingerprint density at radius 1 is 0.971 bits per heavy atom. The minimum absolute atomic E-state index is 0.0238. The third kappa shape index (κ3) is 3.76. The number of aromatic hydroxyl groups is 1. The van der Waals surface area contributed by atoms with Crippen molar-refractivity contribution < 1.29 is 9.90 Å². The molecule has 1 N–H and O–H groups in total. The lowest BCUT2D eigenvalue weighted by atomic mass is 10.1. The standard InChI is InChI=1S/C25H16Br2N4O3/c1-14-28-21(12-16-11-17(26)13-19(27)22(16)32)25(34)30(14)31-23(15-7-3-2-4-8-15)29-20-10-6-5-9-18(20)24(31)33/h2-13,32H,1H3/b21-12+. The summed E-state index contributed by atoms with van der Waals surface area (Å²) < 4.78 is 2.45. The Morgan fingerprint density at radius 3 is 2.44 bits per heavy atom. The number of rotatable bonds is 3. The van der Waals surface area contributed by atoms with Crippen LogP contribution in [0.1, 0.15) is 12.5 Å². The number of nitrogens with zero attached hydrogens (tertiary/aromatic N) is 4. The fourth-order valence-electron chi connectivity index (χ4n) is 3.78. The van der Waals surface area contributed by atoms with Crippen LogP contribution in [-0.2, 0) is 4.79 Å². The molecule has 0 bridgehead atoms. The quantitative estimate of drug-likeness (QED) is 0.337. The maximum absolute atomic E-state index is 13.6. The summed E-state index contributed by atoms with van der Waals surface area (Å²) in [6, 6.07) is 19.6. The van der Waals surface area contributed by atoms with Crippen LogP contribution >= 0.6 is 31.9 Å². The van der Waals surface area contributed by atoms with Crippen molar-refractivity contribution in [2.75, 3.05) is 5.01 Å². The molecule has 0 unspecified atom stereocenters. The zero-order valence-corrected chi connectivity index (χ0v) is 20.9. The van der Waals surface area contributed by atoms with Gasteiger partial charge in [-0.25, -0.2) is 9.98 Å². The molecule has 0 spiro atoms. The van der Waals surface area contributed by atoms with Gasteiger partial charge in [-0.15, -0.1) is 0 Å². The molecular weight excluding hydrogens is 564 g/mol. The number of aliphatic imine (C=N–C) groups is 1. The number of para-hydroxylation sites is 1. The van der Waals surface area contributed by atoms with Crippen molar-refractivity contribution in [3.05, 3.63) is 97.3 Å². The van der Waals surface area contributed by atoms with Gasteiger partial charge in [0.2, 0.25) is 0 Å². The lowest BCUT2D eigenvalue weighted by molar-refractivity contribution is -0.115. The van der Waals surface area contributed by atoms with E-state index in [-0.39, 0.29) is 17.0 Å². The van der Waals surface area contributed by atoms with Crippen molar-refractivity contribution in [1.82, 2.24) is 9.66 Å². The van der Waals surface area contributed by atoms with Gasteiger partial charge in [0, 0.05) is 15.6 Å². The SMILES string of the molecule is CC1=N/C(=C/c2cc(Br)cc(Br)c2O)C(=O)N1n1c(-c2ccccc2)nc2ccccc2c1=O. The van der Waals surface area contributed by atoms with Gasteiger partial charge in [0.1, 0.15) is 17.3 Å². The number of hydrogen-bond acceptors (Lipinski definition) is 5. The van der Waals surface area contributed by atoms with Crippen molar-refractivity contribution in [1.29, 1.82) is 0 Å². The number of phenolic OH excluding ortho intramolecular Hbond substituents is 1. The molecule has 5 rings (SSSR count). The number of aromatic nitrogens is 2. The monoisotopic (exact) mass is 578 g/mol. The average molecular weight is 580 g/mol. The summed E-state index contributed by atoms with van der Waals surface area (Å²) in [5.41, 5.74) is 1.30. The van der Waals surface area contributed by atoms with E-state index in [4.69, 9.17) is 4.98 Å². The minimum Gasteiger partial charge on any atom is -0.506 e. The molecule has 9 heteroatoms. The van der Waals surface area contributed by atoms with Crippen molar-refractivity contribution in [2.45, 2.75) is 6.92 Å². The first kappa shape index (κ1) is 22.2. The van der Waals surface area contributed by atoms with Crippen LogP contribution in [0.15, 0.2) is 91.2 Å². The van der Waals surface area contributed by atoms with Crippen LogP contribution in [-0.4, -0.2) is 26.5 Å². The third-order valence-electron chi connectivity index (χ3n) is 5.34. The minimum atomic E-state index is -0.510. The second-order valence-corrected chi connectivity index (χ2v) is 9.34. The lowest BCUT2D eigenvalue weighted by Gasteiger charge is -2.22. The van der Waals surface area contributed by atoms with Crippen LogP contribution in [0, 0.1) is 0 Å². The van der Waals surface area contributed by atoms with E-state index in [0.29, 0.717) is 42.6 Å². The summed E-state index contributed by atoms with van der Waals surface area (Å²) in [6.45, 7) is 1.64. The first-order valence-corrected chi connectivity index (χ1v) is 11.8. The molecule has 0 saturated heterocycles. The Labute approximate surface area is 210 Å². The molecule has 1 aromatic heterocycles. The summed E-state index contributed by atoms with van der Waals surface area (Å²) in [7, 11) is 0. The van der Waals surface area contributed by atoms with Crippen molar-refractivity contribution >= 4 is 60.6 Å². The fourth-order valence-corrected chi connectivity index (χ4v) is 5.04. The van der Waals surface area contributed by atoms with Crippen LogP contribution in [0.3, 0.4) is 0 Å². The van der Waals surface area contributed by atoms with E-state index < -0.39 is 5.91 Å². The van der Waals surface area contributed by atoms with Crippen LogP contribution in [0.4, 0.5) is 0 Å². The van der Waals surface area contributed by atoms with E-state index in [1.165, 1.54) is 15.8 Å². The molecule has 0 atom stereocenters. The van der Waals surface area contributed by atoms with E-state index in [1.54, 1.807) is 37.3 Å². The fraction of sp³-hybridized carbons (Fsp3) is 0.0400. The van der Waals surface area contributed by atoms with Gasteiger partial charge < -0.3 is 5.11 Å². The first-order chi connectivity index (χ1) is 16.3. The molecule has 2 heterocycles. The van der Waals surface area contributed by atoms with Crippen LogP contribution in [0.2, 0.25) is 0 Å². The molecule has 4 aromatic rings.